The molecule has 0 spiro atoms. The maximum atomic E-state index is 5.69. The predicted octanol–water partition coefficient (Wildman–Crippen LogP) is 2.12. The first-order valence-corrected chi connectivity index (χ1v) is 7.44. The van der Waals surface area contributed by atoms with Crippen LogP contribution < -0.4 is 5.32 Å². The lowest BCUT2D eigenvalue weighted by Crippen LogP contribution is -2.45. The van der Waals surface area contributed by atoms with Crippen molar-refractivity contribution < 1.29 is 4.74 Å². The van der Waals surface area contributed by atoms with Crippen molar-refractivity contribution in [3.8, 4) is 0 Å². The van der Waals surface area contributed by atoms with E-state index >= 15 is 0 Å². The van der Waals surface area contributed by atoms with Crippen molar-refractivity contribution in [1.29, 1.82) is 0 Å². The number of ether oxygens (including phenoxy) is 1. The second kappa shape index (κ2) is 5.48. The van der Waals surface area contributed by atoms with Crippen molar-refractivity contribution in [1.82, 2.24) is 10.2 Å². The largest absolute Gasteiger partial charge is 0.381 e. The molecule has 2 heterocycles. The van der Waals surface area contributed by atoms with Gasteiger partial charge in [-0.15, -0.1) is 0 Å². The highest BCUT2D eigenvalue weighted by molar-refractivity contribution is 4.92. The van der Waals surface area contributed by atoms with E-state index in [2.05, 4.69) is 37.9 Å². The molecule has 1 atom stereocenters. The maximum Gasteiger partial charge on any atom is 0.0547 e. The second-order valence-electron chi connectivity index (χ2n) is 7.46. The molecule has 0 aromatic carbocycles. The third kappa shape index (κ3) is 3.69. The van der Waals surface area contributed by atoms with E-state index < -0.39 is 0 Å². The third-order valence-electron chi connectivity index (χ3n) is 4.39. The molecule has 0 saturated carbocycles. The zero-order valence-electron chi connectivity index (χ0n) is 12.6. The van der Waals surface area contributed by atoms with E-state index in [1.165, 1.54) is 32.5 Å². The molecule has 0 aromatic heterocycles. The van der Waals surface area contributed by atoms with Crippen molar-refractivity contribution in [2.45, 2.75) is 46.6 Å². The Morgan fingerprint density at radius 2 is 2.06 bits per heavy atom. The monoisotopic (exact) mass is 254 g/mol. The molecule has 3 heteroatoms. The summed E-state index contributed by atoms with van der Waals surface area (Å²) in [6, 6.07) is 0.567. The molecule has 18 heavy (non-hydrogen) atoms. The number of nitrogens with one attached hydrogen (secondary N) is 1. The van der Waals surface area contributed by atoms with E-state index in [0.29, 0.717) is 16.9 Å². The fraction of sp³-hybridized carbons (Fsp3) is 1.00. The van der Waals surface area contributed by atoms with Crippen molar-refractivity contribution in [2.75, 3.05) is 39.4 Å². The first kappa shape index (κ1) is 14.3. The molecule has 1 unspecified atom stereocenters. The Kier molecular flexibility index (Phi) is 4.35. The van der Waals surface area contributed by atoms with Crippen LogP contribution in [0.2, 0.25) is 0 Å². The summed E-state index contributed by atoms with van der Waals surface area (Å²) in [6.45, 7) is 15.9. The van der Waals surface area contributed by atoms with Crippen LogP contribution in [0.1, 0.15) is 40.5 Å². The summed E-state index contributed by atoms with van der Waals surface area (Å²) in [5.74, 6) is 0. The van der Waals surface area contributed by atoms with Crippen molar-refractivity contribution in [3.63, 3.8) is 0 Å². The molecule has 0 bridgehead atoms. The zero-order valence-corrected chi connectivity index (χ0v) is 12.6. The molecule has 0 amide bonds. The van der Waals surface area contributed by atoms with Gasteiger partial charge in [0.1, 0.15) is 0 Å². The molecular formula is C15H30N2O. The van der Waals surface area contributed by atoms with Crippen LogP contribution in [0.15, 0.2) is 0 Å². The Balaban J connectivity index is 1.90. The predicted molar refractivity (Wildman–Crippen MR) is 75.8 cm³/mol. The number of likely N-dealkylation sites (tertiary alicyclic amines) is 1. The Hall–Kier alpha value is -0.120. The highest BCUT2D eigenvalue weighted by Gasteiger charge is 2.39. The summed E-state index contributed by atoms with van der Waals surface area (Å²) in [5.41, 5.74) is 0.858. The van der Waals surface area contributed by atoms with E-state index in [0.717, 1.165) is 19.8 Å². The zero-order chi connectivity index (χ0) is 13.2. The lowest BCUT2D eigenvalue weighted by Gasteiger charge is -2.33. The fourth-order valence-electron chi connectivity index (χ4n) is 3.22. The Morgan fingerprint density at radius 1 is 1.28 bits per heavy atom. The molecule has 2 aliphatic rings. The smallest absolute Gasteiger partial charge is 0.0547 e. The summed E-state index contributed by atoms with van der Waals surface area (Å²) in [4.78, 5) is 2.65. The number of hydrogen-bond acceptors (Lipinski definition) is 3. The average Bonchev–Trinajstić information content (AvgIpc) is 2.84. The van der Waals surface area contributed by atoms with E-state index in [9.17, 15) is 0 Å². The van der Waals surface area contributed by atoms with Gasteiger partial charge in [0.2, 0.25) is 0 Å². The van der Waals surface area contributed by atoms with E-state index in [1.54, 1.807) is 0 Å². The fourth-order valence-corrected chi connectivity index (χ4v) is 3.22. The van der Waals surface area contributed by atoms with Crippen LogP contribution in [0.25, 0.3) is 0 Å². The topological polar surface area (TPSA) is 24.5 Å². The highest BCUT2D eigenvalue weighted by atomic mass is 16.5. The van der Waals surface area contributed by atoms with Crippen LogP contribution in [-0.2, 0) is 4.74 Å². The highest BCUT2D eigenvalue weighted by Crippen LogP contribution is 2.34. The molecule has 2 saturated heterocycles. The van der Waals surface area contributed by atoms with Crippen LogP contribution >= 0.6 is 0 Å². The molecule has 0 radical (unpaired) electrons. The van der Waals surface area contributed by atoms with Gasteiger partial charge in [-0.2, -0.15) is 0 Å². The van der Waals surface area contributed by atoms with Gasteiger partial charge < -0.3 is 15.0 Å². The van der Waals surface area contributed by atoms with Gasteiger partial charge in [0, 0.05) is 37.7 Å². The lowest BCUT2D eigenvalue weighted by molar-refractivity contribution is 0.113. The van der Waals surface area contributed by atoms with Gasteiger partial charge in [-0.25, -0.2) is 0 Å². The van der Waals surface area contributed by atoms with E-state index in [-0.39, 0.29) is 0 Å². The Labute approximate surface area is 112 Å². The lowest BCUT2D eigenvalue weighted by atomic mass is 9.86. The SMILES string of the molecule is CC(C)NCC1(CN2CCC(C)(C)C2)CCOC1. The Bertz CT molecular complexity index is 270. The van der Waals surface area contributed by atoms with E-state index in [1.807, 2.05) is 0 Å². The van der Waals surface area contributed by atoms with Crippen molar-refractivity contribution in [3.05, 3.63) is 0 Å². The molecule has 2 rings (SSSR count). The van der Waals surface area contributed by atoms with Crippen LogP contribution in [-0.4, -0.2) is 50.3 Å². The van der Waals surface area contributed by atoms with Gasteiger partial charge in [0.25, 0.3) is 0 Å². The minimum atomic E-state index is 0.352. The minimum Gasteiger partial charge on any atom is -0.381 e. The molecule has 1 N–H and O–H groups in total. The molecule has 106 valence electrons. The summed E-state index contributed by atoms with van der Waals surface area (Å²) in [7, 11) is 0. The molecule has 3 nitrogen and oxygen atoms in total. The number of nitrogens with zero attached hydrogens (tertiary/aromatic N) is 1. The molecule has 0 aliphatic carbocycles. The van der Waals surface area contributed by atoms with Crippen molar-refractivity contribution in [2.24, 2.45) is 10.8 Å². The van der Waals surface area contributed by atoms with Crippen LogP contribution in [0.3, 0.4) is 0 Å². The van der Waals surface area contributed by atoms with Gasteiger partial charge >= 0.3 is 0 Å². The van der Waals surface area contributed by atoms with Crippen LogP contribution in [0.4, 0.5) is 0 Å². The van der Waals surface area contributed by atoms with Gasteiger partial charge in [-0.3, -0.25) is 0 Å². The first-order valence-electron chi connectivity index (χ1n) is 7.44. The summed E-state index contributed by atoms with van der Waals surface area (Å²) in [6.07, 6.45) is 2.55. The third-order valence-corrected chi connectivity index (χ3v) is 4.39. The summed E-state index contributed by atoms with van der Waals surface area (Å²) >= 11 is 0. The second-order valence-corrected chi connectivity index (χ2v) is 7.46. The van der Waals surface area contributed by atoms with E-state index in [4.69, 9.17) is 4.74 Å². The van der Waals surface area contributed by atoms with Gasteiger partial charge in [0.05, 0.1) is 6.61 Å². The molecule has 2 aliphatic heterocycles. The number of hydrogen-bond donors (Lipinski definition) is 1. The molecule has 0 aromatic rings. The van der Waals surface area contributed by atoms with Gasteiger partial charge in [-0.05, 0) is 24.8 Å². The molecule has 2 fully saturated rings. The van der Waals surface area contributed by atoms with Gasteiger partial charge in [-0.1, -0.05) is 27.7 Å². The summed E-state index contributed by atoms with van der Waals surface area (Å²) in [5, 5.41) is 3.62. The standard InChI is InChI=1S/C15H30N2O/c1-13(2)16-9-15(6-8-18-12-15)11-17-7-5-14(3,4)10-17/h13,16H,5-12H2,1-4H3. The quantitative estimate of drug-likeness (QED) is 0.813. The van der Waals surface area contributed by atoms with Crippen molar-refractivity contribution >= 4 is 0 Å². The minimum absolute atomic E-state index is 0.352. The first-order chi connectivity index (χ1) is 8.41. The number of rotatable bonds is 5. The average molecular weight is 254 g/mol. The van der Waals surface area contributed by atoms with Crippen LogP contribution in [0.5, 0.6) is 0 Å². The van der Waals surface area contributed by atoms with Gasteiger partial charge in [0.15, 0.2) is 0 Å². The maximum absolute atomic E-state index is 5.69. The molecular weight excluding hydrogens is 224 g/mol. The summed E-state index contributed by atoms with van der Waals surface area (Å²) < 4.78 is 5.69. The Morgan fingerprint density at radius 3 is 2.56 bits per heavy atom. The normalized spacial score (nSPS) is 32.5. The van der Waals surface area contributed by atoms with Crippen LogP contribution in [0, 0.1) is 10.8 Å².